The van der Waals surface area contributed by atoms with E-state index >= 15 is 0 Å². The zero-order valence-corrected chi connectivity index (χ0v) is 13.6. The number of imidazole rings is 1. The fourth-order valence-electron chi connectivity index (χ4n) is 3.12. The predicted molar refractivity (Wildman–Crippen MR) is 86.7 cm³/mol. The Kier molecular flexibility index (Phi) is 6.81. The zero-order chi connectivity index (χ0) is 16.5. The van der Waals surface area contributed by atoms with Gasteiger partial charge in [0.05, 0.1) is 18.6 Å². The lowest BCUT2D eigenvalue weighted by Crippen LogP contribution is -2.40. The van der Waals surface area contributed by atoms with Crippen LogP contribution in [0, 0.1) is 11.8 Å². The molecule has 2 atom stereocenters. The molecular formula is C16H25N5O2. The molecule has 2 N–H and O–H groups in total. The quantitative estimate of drug-likeness (QED) is 0.588. The highest BCUT2D eigenvalue weighted by atomic mass is 16.2. The second kappa shape index (κ2) is 9.10. The Labute approximate surface area is 136 Å². The fourth-order valence-corrected chi connectivity index (χ4v) is 3.12. The summed E-state index contributed by atoms with van der Waals surface area (Å²) in [5.74, 6) is 0.918. The van der Waals surface area contributed by atoms with Gasteiger partial charge in [-0.05, 0) is 31.1 Å². The summed E-state index contributed by atoms with van der Waals surface area (Å²) >= 11 is 0. The van der Waals surface area contributed by atoms with Crippen LogP contribution in [0.4, 0.5) is 4.79 Å². The van der Waals surface area contributed by atoms with Gasteiger partial charge in [-0.15, -0.1) is 0 Å². The van der Waals surface area contributed by atoms with Gasteiger partial charge in [-0.25, -0.2) is 19.6 Å². The first kappa shape index (κ1) is 17.2. The molecule has 1 saturated carbocycles. The van der Waals surface area contributed by atoms with Crippen LogP contribution in [0.3, 0.4) is 0 Å². The van der Waals surface area contributed by atoms with Crippen molar-refractivity contribution >= 4 is 12.1 Å². The van der Waals surface area contributed by atoms with Gasteiger partial charge in [-0.2, -0.15) is 0 Å². The summed E-state index contributed by atoms with van der Waals surface area (Å²) in [6, 6.07) is -0.131. The van der Waals surface area contributed by atoms with E-state index in [0.29, 0.717) is 31.5 Å². The van der Waals surface area contributed by atoms with Crippen LogP contribution >= 0.6 is 0 Å². The van der Waals surface area contributed by atoms with Crippen molar-refractivity contribution in [2.45, 2.75) is 32.1 Å². The van der Waals surface area contributed by atoms with Gasteiger partial charge in [0.1, 0.15) is 0 Å². The minimum atomic E-state index is -0.131. The number of urea groups is 1. The standard InChI is InChI=1S/C16H25N5O2/c1-21-10-15(20-11-21)5-6-18-16(23)19-9-14-4-2-3-13(7-14)8-17-12-22/h10-11,13-14H,2-9H2,1H3,(H2,18,19,23). The van der Waals surface area contributed by atoms with Crippen molar-refractivity contribution < 1.29 is 9.59 Å². The van der Waals surface area contributed by atoms with Gasteiger partial charge >= 0.3 is 6.03 Å². The maximum atomic E-state index is 11.8. The Hall–Kier alpha value is -2.14. The molecule has 2 rings (SSSR count). The molecule has 0 bridgehead atoms. The van der Waals surface area contributed by atoms with E-state index in [0.717, 1.165) is 37.8 Å². The minimum Gasteiger partial charge on any atom is -0.340 e. The second-order valence-electron chi connectivity index (χ2n) is 6.25. The third-order valence-electron chi connectivity index (χ3n) is 4.28. The Bertz CT molecular complexity index is 550. The summed E-state index contributed by atoms with van der Waals surface area (Å²) in [4.78, 5) is 29.9. The highest BCUT2D eigenvalue weighted by Crippen LogP contribution is 2.28. The smallest absolute Gasteiger partial charge is 0.314 e. The summed E-state index contributed by atoms with van der Waals surface area (Å²) < 4.78 is 1.89. The third-order valence-corrected chi connectivity index (χ3v) is 4.28. The molecule has 1 aliphatic carbocycles. The highest BCUT2D eigenvalue weighted by molar-refractivity contribution is 5.73. The zero-order valence-electron chi connectivity index (χ0n) is 13.6. The van der Waals surface area contributed by atoms with E-state index in [1.807, 2.05) is 17.8 Å². The maximum Gasteiger partial charge on any atom is 0.314 e. The van der Waals surface area contributed by atoms with Crippen LogP contribution in [0.5, 0.6) is 0 Å². The highest BCUT2D eigenvalue weighted by Gasteiger charge is 2.22. The van der Waals surface area contributed by atoms with E-state index in [9.17, 15) is 9.59 Å². The molecule has 0 radical (unpaired) electrons. The van der Waals surface area contributed by atoms with Gasteiger partial charge in [0.15, 0.2) is 0 Å². The summed E-state index contributed by atoms with van der Waals surface area (Å²) in [6.07, 6.45) is 10.4. The molecule has 2 unspecified atom stereocenters. The van der Waals surface area contributed by atoms with Gasteiger partial charge in [0, 0.05) is 32.8 Å². The maximum absolute atomic E-state index is 11.8. The summed E-state index contributed by atoms with van der Waals surface area (Å²) in [5.41, 5.74) is 0.971. The average Bonchev–Trinajstić information content (AvgIpc) is 2.97. The van der Waals surface area contributed by atoms with Crippen molar-refractivity contribution in [3.05, 3.63) is 18.2 Å². The molecule has 23 heavy (non-hydrogen) atoms. The Morgan fingerprint density at radius 2 is 2.26 bits per heavy atom. The van der Waals surface area contributed by atoms with Gasteiger partial charge in [0.25, 0.3) is 0 Å². The number of nitrogens with one attached hydrogen (secondary N) is 2. The van der Waals surface area contributed by atoms with Gasteiger partial charge in [0.2, 0.25) is 6.08 Å². The minimum absolute atomic E-state index is 0.131. The van der Waals surface area contributed by atoms with Crippen molar-refractivity contribution in [2.24, 2.45) is 23.9 Å². The number of carbonyl (C=O) groups is 1. The van der Waals surface area contributed by atoms with E-state index in [1.54, 1.807) is 12.4 Å². The summed E-state index contributed by atoms with van der Waals surface area (Å²) in [7, 11) is 1.93. The first-order valence-corrected chi connectivity index (χ1v) is 8.19. The number of aliphatic imine (C=N–C) groups is 1. The number of rotatable bonds is 7. The van der Waals surface area contributed by atoms with Crippen molar-refractivity contribution in [1.29, 1.82) is 0 Å². The molecule has 1 aromatic heterocycles. The predicted octanol–water partition coefficient (Wildman–Crippen LogP) is 1.40. The summed E-state index contributed by atoms with van der Waals surface area (Å²) in [6.45, 7) is 1.82. The first-order valence-electron chi connectivity index (χ1n) is 8.19. The molecule has 1 heterocycles. The van der Waals surface area contributed by atoms with Crippen molar-refractivity contribution in [2.75, 3.05) is 19.6 Å². The van der Waals surface area contributed by atoms with E-state index in [-0.39, 0.29) is 6.03 Å². The lowest BCUT2D eigenvalue weighted by Gasteiger charge is -2.28. The normalized spacial score (nSPS) is 20.6. The van der Waals surface area contributed by atoms with E-state index < -0.39 is 0 Å². The monoisotopic (exact) mass is 319 g/mol. The van der Waals surface area contributed by atoms with Crippen LogP contribution in [0.2, 0.25) is 0 Å². The van der Waals surface area contributed by atoms with Crippen molar-refractivity contribution in [1.82, 2.24) is 20.2 Å². The van der Waals surface area contributed by atoms with Crippen LogP contribution in [-0.4, -0.2) is 41.3 Å². The van der Waals surface area contributed by atoms with Crippen LogP contribution < -0.4 is 10.6 Å². The molecule has 7 nitrogen and oxygen atoms in total. The summed E-state index contributed by atoms with van der Waals surface area (Å²) in [5, 5.41) is 5.79. The number of hydrogen-bond donors (Lipinski definition) is 2. The molecule has 0 aliphatic heterocycles. The van der Waals surface area contributed by atoms with E-state index in [4.69, 9.17) is 0 Å². The molecule has 0 saturated heterocycles. The largest absolute Gasteiger partial charge is 0.340 e. The number of aryl methyl sites for hydroxylation is 1. The molecule has 1 aliphatic rings. The van der Waals surface area contributed by atoms with Gasteiger partial charge in [-0.1, -0.05) is 6.42 Å². The van der Waals surface area contributed by atoms with Crippen molar-refractivity contribution in [3.63, 3.8) is 0 Å². The van der Waals surface area contributed by atoms with Crippen LogP contribution in [0.1, 0.15) is 31.4 Å². The Morgan fingerprint density at radius 1 is 1.43 bits per heavy atom. The van der Waals surface area contributed by atoms with Crippen molar-refractivity contribution in [3.8, 4) is 0 Å². The number of isocyanates is 1. The van der Waals surface area contributed by atoms with Gasteiger partial charge in [-0.3, -0.25) is 0 Å². The molecule has 2 amide bonds. The fraction of sp³-hybridized carbons (Fsp3) is 0.688. The van der Waals surface area contributed by atoms with Crippen LogP contribution in [0.25, 0.3) is 0 Å². The Morgan fingerprint density at radius 3 is 3.00 bits per heavy atom. The molecule has 0 spiro atoms. The molecule has 7 heteroatoms. The average molecular weight is 319 g/mol. The second-order valence-corrected chi connectivity index (χ2v) is 6.25. The number of nitrogens with zero attached hydrogens (tertiary/aromatic N) is 3. The molecule has 126 valence electrons. The van der Waals surface area contributed by atoms with Crippen LogP contribution in [0.15, 0.2) is 17.5 Å². The SMILES string of the molecule is Cn1cnc(CCNC(=O)NCC2CCCC(CN=C=O)C2)c1. The van der Waals surface area contributed by atoms with E-state index in [2.05, 4.69) is 20.6 Å². The number of aromatic nitrogens is 2. The van der Waals surface area contributed by atoms with Gasteiger partial charge < -0.3 is 15.2 Å². The van der Waals surface area contributed by atoms with E-state index in [1.165, 1.54) is 0 Å². The number of carbonyl (C=O) groups excluding carboxylic acids is 2. The topological polar surface area (TPSA) is 88.4 Å². The lowest BCUT2D eigenvalue weighted by atomic mass is 9.81. The first-order chi connectivity index (χ1) is 11.2. The number of hydrogen-bond acceptors (Lipinski definition) is 4. The van der Waals surface area contributed by atoms with Crippen LogP contribution in [-0.2, 0) is 18.3 Å². The number of amides is 2. The lowest BCUT2D eigenvalue weighted by molar-refractivity contribution is 0.229. The molecule has 0 aromatic carbocycles. The third kappa shape index (κ3) is 6.24. The Balaban J connectivity index is 1.60. The molecule has 1 aromatic rings. The molecule has 1 fully saturated rings. The molecular weight excluding hydrogens is 294 g/mol.